The molecule has 3 nitrogen and oxygen atoms in total. The van der Waals surface area contributed by atoms with Crippen molar-refractivity contribution >= 4 is 0 Å². The largest absolute Gasteiger partial charge is 0.300 e. The summed E-state index contributed by atoms with van der Waals surface area (Å²) in [7, 11) is 0. The zero-order valence-electron chi connectivity index (χ0n) is 10.6. The zero-order chi connectivity index (χ0) is 11.1. The number of likely N-dealkylation sites (N-methyl/N-ethyl adjacent to an activating group) is 1. The Labute approximate surface area is 93.8 Å². The van der Waals surface area contributed by atoms with Gasteiger partial charge in [0.2, 0.25) is 0 Å². The first-order valence-electron chi connectivity index (χ1n) is 6.22. The quantitative estimate of drug-likeness (QED) is 0.754. The summed E-state index contributed by atoms with van der Waals surface area (Å²) in [6.45, 7) is 13.8. The molecule has 1 N–H and O–H groups in total. The van der Waals surface area contributed by atoms with Crippen LogP contribution in [0.2, 0.25) is 0 Å². The van der Waals surface area contributed by atoms with E-state index in [1.165, 1.54) is 26.1 Å². The van der Waals surface area contributed by atoms with Crippen molar-refractivity contribution in [3.63, 3.8) is 0 Å². The van der Waals surface area contributed by atoms with Crippen molar-refractivity contribution < 1.29 is 0 Å². The molecule has 0 radical (unpaired) electrons. The average Bonchev–Trinajstić information content (AvgIpc) is 2.71. The van der Waals surface area contributed by atoms with Gasteiger partial charge in [-0.05, 0) is 33.7 Å². The van der Waals surface area contributed by atoms with E-state index in [-0.39, 0.29) is 5.54 Å². The molecule has 3 heteroatoms. The first kappa shape index (κ1) is 11.4. The van der Waals surface area contributed by atoms with Crippen LogP contribution in [0.5, 0.6) is 0 Å². The molecule has 0 unspecified atom stereocenters. The van der Waals surface area contributed by atoms with Gasteiger partial charge in [0.05, 0.1) is 0 Å². The molecule has 0 saturated carbocycles. The van der Waals surface area contributed by atoms with Crippen molar-refractivity contribution in [3.8, 4) is 0 Å². The normalized spacial score (nSPS) is 32.8. The Bertz CT molecular complexity index is 221. The minimum Gasteiger partial charge on any atom is -0.300 e. The van der Waals surface area contributed by atoms with Crippen LogP contribution in [-0.4, -0.2) is 53.7 Å². The summed E-state index contributed by atoms with van der Waals surface area (Å²) in [4.78, 5) is 5.24. The van der Waals surface area contributed by atoms with Crippen molar-refractivity contribution in [3.05, 3.63) is 0 Å². The number of hydrogen-bond donors (Lipinski definition) is 1. The van der Waals surface area contributed by atoms with Crippen LogP contribution in [0.15, 0.2) is 0 Å². The van der Waals surface area contributed by atoms with E-state index in [9.17, 15) is 0 Å². The Morgan fingerprint density at radius 3 is 2.20 bits per heavy atom. The molecule has 88 valence electrons. The molecular weight excluding hydrogens is 186 g/mol. The number of hydrogen-bond acceptors (Lipinski definition) is 3. The van der Waals surface area contributed by atoms with Gasteiger partial charge in [-0.15, -0.1) is 0 Å². The molecule has 2 rings (SSSR count). The molecule has 0 aromatic carbocycles. The van der Waals surface area contributed by atoms with Gasteiger partial charge in [0, 0.05) is 37.4 Å². The standard InChI is InChI=1S/C12H25N3/c1-5-14-7-11-6-10(14)8-15(11)9-13-12(2,3)4/h10-11,13H,5-9H2,1-4H3/t10-,11-/m0/s1. The summed E-state index contributed by atoms with van der Waals surface area (Å²) in [5, 5.41) is 3.59. The van der Waals surface area contributed by atoms with Crippen molar-refractivity contribution in [2.24, 2.45) is 0 Å². The first-order chi connectivity index (χ1) is 6.99. The molecule has 2 heterocycles. The molecule has 2 atom stereocenters. The third-order valence-electron chi connectivity index (χ3n) is 3.69. The Hall–Kier alpha value is -0.120. The number of nitrogens with zero attached hydrogens (tertiary/aromatic N) is 2. The van der Waals surface area contributed by atoms with Crippen molar-refractivity contribution in [2.45, 2.75) is 51.7 Å². The SMILES string of the molecule is CCN1C[C@@H]2C[C@H]1CN2CNC(C)(C)C. The van der Waals surface area contributed by atoms with Gasteiger partial charge in [0.15, 0.2) is 0 Å². The third-order valence-corrected chi connectivity index (χ3v) is 3.69. The van der Waals surface area contributed by atoms with Gasteiger partial charge in [-0.25, -0.2) is 0 Å². The Morgan fingerprint density at radius 2 is 1.73 bits per heavy atom. The molecule has 0 spiro atoms. The third kappa shape index (κ3) is 2.52. The van der Waals surface area contributed by atoms with E-state index >= 15 is 0 Å². The summed E-state index contributed by atoms with van der Waals surface area (Å²) in [5.74, 6) is 0. The summed E-state index contributed by atoms with van der Waals surface area (Å²) in [6.07, 6.45) is 1.39. The smallest absolute Gasteiger partial charge is 0.0488 e. The van der Waals surface area contributed by atoms with Gasteiger partial charge in [-0.2, -0.15) is 0 Å². The lowest BCUT2D eigenvalue weighted by atomic mass is 10.1. The van der Waals surface area contributed by atoms with E-state index in [2.05, 4.69) is 42.8 Å². The van der Waals surface area contributed by atoms with Crippen LogP contribution in [0, 0.1) is 0 Å². The van der Waals surface area contributed by atoms with Crippen LogP contribution in [0.25, 0.3) is 0 Å². The summed E-state index contributed by atoms with van der Waals surface area (Å²) < 4.78 is 0. The molecule has 0 aromatic heterocycles. The lowest BCUT2D eigenvalue weighted by Gasteiger charge is -2.35. The second-order valence-electron chi connectivity index (χ2n) is 5.99. The van der Waals surface area contributed by atoms with Crippen LogP contribution in [-0.2, 0) is 0 Å². The molecule has 15 heavy (non-hydrogen) atoms. The van der Waals surface area contributed by atoms with E-state index < -0.39 is 0 Å². The monoisotopic (exact) mass is 211 g/mol. The highest BCUT2D eigenvalue weighted by Gasteiger charge is 2.42. The molecule has 0 amide bonds. The van der Waals surface area contributed by atoms with Crippen LogP contribution in [0.4, 0.5) is 0 Å². The Morgan fingerprint density at radius 1 is 1.13 bits per heavy atom. The number of fused-ring (bicyclic) bond motifs is 2. The number of piperazine rings is 1. The molecule has 0 aromatic rings. The predicted molar refractivity (Wildman–Crippen MR) is 63.9 cm³/mol. The lowest BCUT2D eigenvalue weighted by molar-refractivity contribution is 0.117. The average molecular weight is 211 g/mol. The van der Waals surface area contributed by atoms with Gasteiger partial charge in [-0.1, -0.05) is 6.92 Å². The van der Waals surface area contributed by atoms with Crippen LogP contribution < -0.4 is 5.32 Å². The second-order valence-corrected chi connectivity index (χ2v) is 5.99. The fourth-order valence-corrected chi connectivity index (χ4v) is 2.75. The Balaban J connectivity index is 1.80. The van der Waals surface area contributed by atoms with Crippen molar-refractivity contribution in [2.75, 3.05) is 26.3 Å². The van der Waals surface area contributed by atoms with E-state index in [4.69, 9.17) is 0 Å². The Kier molecular flexibility index (Phi) is 3.06. The number of nitrogens with one attached hydrogen (secondary N) is 1. The zero-order valence-corrected chi connectivity index (χ0v) is 10.6. The molecule has 2 bridgehead atoms. The molecule has 2 aliphatic heterocycles. The molecule has 2 aliphatic rings. The predicted octanol–water partition coefficient (Wildman–Crippen LogP) is 1.11. The minimum atomic E-state index is 0.242. The van der Waals surface area contributed by atoms with Crippen molar-refractivity contribution in [1.29, 1.82) is 0 Å². The molecular formula is C12H25N3. The van der Waals surface area contributed by atoms with Crippen LogP contribution in [0.3, 0.4) is 0 Å². The van der Waals surface area contributed by atoms with E-state index in [1.807, 2.05) is 0 Å². The second kappa shape index (κ2) is 4.04. The number of rotatable bonds is 3. The number of likely N-dealkylation sites (tertiary alicyclic amines) is 2. The van der Waals surface area contributed by atoms with Crippen LogP contribution >= 0.6 is 0 Å². The topological polar surface area (TPSA) is 18.5 Å². The lowest BCUT2D eigenvalue weighted by Crippen LogP contribution is -2.51. The van der Waals surface area contributed by atoms with Gasteiger partial charge in [-0.3, -0.25) is 15.1 Å². The van der Waals surface area contributed by atoms with Gasteiger partial charge in [0.1, 0.15) is 0 Å². The minimum absolute atomic E-state index is 0.242. The van der Waals surface area contributed by atoms with E-state index in [1.54, 1.807) is 0 Å². The first-order valence-corrected chi connectivity index (χ1v) is 6.22. The van der Waals surface area contributed by atoms with E-state index in [0.717, 1.165) is 18.8 Å². The molecule has 2 saturated heterocycles. The van der Waals surface area contributed by atoms with Gasteiger partial charge in [0.25, 0.3) is 0 Å². The molecule has 2 fully saturated rings. The van der Waals surface area contributed by atoms with Crippen molar-refractivity contribution in [1.82, 2.24) is 15.1 Å². The fraction of sp³-hybridized carbons (Fsp3) is 1.00. The van der Waals surface area contributed by atoms with Crippen LogP contribution in [0.1, 0.15) is 34.1 Å². The highest BCUT2D eigenvalue weighted by atomic mass is 15.4. The summed E-state index contributed by atoms with van der Waals surface area (Å²) in [5.41, 5.74) is 0.242. The highest BCUT2D eigenvalue weighted by molar-refractivity contribution is 4.99. The maximum absolute atomic E-state index is 3.59. The maximum atomic E-state index is 3.59. The van der Waals surface area contributed by atoms with E-state index in [0.29, 0.717) is 0 Å². The summed E-state index contributed by atoms with van der Waals surface area (Å²) >= 11 is 0. The van der Waals surface area contributed by atoms with Gasteiger partial charge >= 0.3 is 0 Å². The highest BCUT2D eigenvalue weighted by Crippen LogP contribution is 2.29. The maximum Gasteiger partial charge on any atom is 0.0488 e. The fourth-order valence-electron chi connectivity index (χ4n) is 2.75. The van der Waals surface area contributed by atoms with Gasteiger partial charge < -0.3 is 0 Å². The molecule has 0 aliphatic carbocycles. The summed E-state index contributed by atoms with van der Waals surface area (Å²) in [6, 6.07) is 1.64.